The van der Waals surface area contributed by atoms with Crippen LogP contribution >= 0.6 is 0 Å². The first-order chi connectivity index (χ1) is 17.0. The third-order valence-electron chi connectivity index (χ3n) is 7.09. The van der Waals surface area contributed by atoms with Crippen LogP contribution in [0.15, 0.2) is 24.3 Å². The van der Waals surface area contributed by atoms with Crippen molar-refractivity contribution in [2.45, 2.75) is 56.7 Å². The minimum absolute atomic E-state index is 0.0343. The van der Waals surface area contributed by atoms with Gasteiger partial charge in [-0.1, -0.05) is 25.3 Å². The van der Waals surface area contributed by atoms with Gasteiger partial charge in [0.1, 0.15) is 11.4 Å². The highest BCUT2D eigenvalue weighted by Gasteiger charge is 2.50. The number of carbonyl (C=O) groups excluding carboxylic acids is 2. The van der Waals surface area contributed by atoms with E-state index in [2.05, 4.69) is 15.5 Å². The summed E-state index contributed by atoms with van der Waals surface area (Å²) < 4.78 is 45.4. The lowest BCUT2D eigenvalue weighted by Crippen LogP contribution is -2.57. The molecule has 1 saturated carbocycles. The molecule has 0 bridgehead atoms. The Morgan fingerprint density at radius 3 is 2.36 bits per heavy atom. The van der Waals surface area contributed by atoms with Crippen LogP contribution < -0.4 is 15.5 Å². The molecule has 2 heterocycles. The van der Waals surface area contributed by atoms with E-state index in [9.17, 15) is 27.2 Å². The van der Waals surface area contributed by atoms with Gasteiger partial charge >= 0.3 is 12.1 Å². The Hall–Kier alpha value is -2.89. The number of amides is 2. The Bertz CT molecular complexity index is 929. The van der Waals surface area contributed by atoms with Crippen molar-refractivity contribution >= 4 is 23.5 Å². The van der Waals surface area contributed by atoms with Gasteiger partial charge in [0.15, 0.2) is 0 Å². The topological polar surface area (TPSA) is 102 Å². The maximum absolute atomic E-state index is 13.7. The Morgan fingerprint density at radius 2 is 1.78 bits per heavy atom. The summed E-state index contributed by atoms with van der Waals surface area (Å²) in [5.41, 5.74) is 0.145. The molecule has 3 aliphatic rings. The van der Waals surface area contributed by atoms with Gasteiger partial charge in [-0.25, -0.2) is 9.18 Å². The second-order valence-electron chi connectivity index (χ2n) is 9.37. The van der Waals surface area contributed by atoms with E-state index in [0.717, 1.165) is 51.0 Å². The molecule has 3 N–H and O–H groups in total. The molecule has 1 aromatic rings. The Kier molecular flexibility index (Phi) is 9.15. The number of hydrogen-bond acceptors (Lipinski definition) is 5. The lowest BCUT2D eigenvalue weighted by atomic mass is 9.85. The molecule has 3 fully saturated rings. The molecule has 1 aliphatic carbocycles. The predicted octanol–water partition coefficient (Wildman–Crippen LogP) is 2.88. The number of benzene rings is 1. The van der Waals surface area contributed by atoms with Gasteiger partial charge in [-0.2, -0.15) is 13.2 Å². The zero-order chi connectivity index (χ0) is 26.3. The van der Waals surface area contributed by atoms with Crippen LogP contribution in [0.3, 0.4) is 0 Å². The van der Waals surface area contributed by atoms with E-state index in [0.29, 0.717) is 26.1 Å². The number of anilines is 1. The summed E-state index contributed by atoms with van der Waals surface area (Å²) in [6, 6.07) is 6.46. The van der Waals surface area contributed by atoms with Crippen molar-refractivity contribution in [3.8, 4) is 0 Å². The van der Waals surface area contributed by atoms with Crippen LogP contribution in [0.2, 0.25) is 0 Å². The number of carboxylic acid groups (broad SMARTS) is 1. The van der Waals surface area contributed by atoms with Gasteiger partial charge < -0.3 is 25.5 Å². The summed E-state index contributed by atoms with van der Waals surface area (Å²) in [6.07, 6.45) is 1.93. The van der Waals surface area contributed by atoms with Gasteiger partial charge in [-0.15, -0.1) is 0 Å². The van der Waals surface area contributed by atoms with Crippen molar-refractivity contribution in [1.82, 2.24) is 15.5 Å². The number of aliphatic carboxylic acids is 1. The van der Waals surface area contributed by atoms with Crippen LogP contribution in [-0.2, 0) is 14.4 Å². The molecule has 0 radical (unpaired) electrons. The number of nitrogens with one attached hydrogen (secondary N) is 2. The van der Waals surface area contributed by atoms with Gasteiger partial charge in [0.05, 0.1) is 6.67 Å². The SMILES string of the molecule is O=C(NCCN1CCC2(CC1)C(=O)NCN2c1cccc(F)c1)C1CCCCC1.O=C(O)C(F)(F)F. The van der Waals surface area contributed by atoms with E-state index >= 15 is 0 Å². The average Bonchev–Trinajstić information content (AvgIpc) is 3.16. The molecule has 2 aliphatic heterocycles. The zero-order valence-electron chi connectivity index (χ0n) is 20.0. The normalized spacial score (nSPS) is 20.4. The first-order valence-electron chi connectivity index (χ1n) is 12.1. The number of halogens is 4. The van der Waals surface area contributed by atoms with Crippen LogP contribution in [-0.4, -0.2) is 72.4 Å². The second-order valence-corrected chi connectivity index (χ2v) is 9.37. The first kappa shape index (κ1) is 27.7. The molecule has 0 unspecified atom stereocenters. The third kappa shape index (κ3) is 6.86. The van der Waals surface area contributed by atoms with Crippen LogP contribution in [0.25, 0.3) is 0 Å². The summed E-state index contributed by atoms with van der Waals surface area (Å²) in [6.45, 7) is 3.45. The van der Waals surface area contributed by atoms with E-state index in [1.807, 2.05) is 11.0 Å². The second kappa shape index (κ2) is 11.9. The average molecular weight is 517 g/mol. The molecule has 4 rings (SSSR count). The number of hydrogen-bond donors (Lipinski definition) is 3. The van der Waals surface area contributed by atoms with Crippen molar-refractivity contribution in [2.75, 3.05) is 37.7 Å². The molecule has 36 heavy (non-hydrogen) atoms. The summed E-state index contributed by atoms with van der Waals surface area (Å²) in [7, 11) is 0. The fourth-order valence-corrected chi connectivity index (χ4v) is 5.06. The highest BCUT2D eigenvalue weighted by molar-refractivity contribution is 5.93. The molecular formula is C24H32F4N4O4. The highest BCUT2D eigenvalue weighted by Crippen LogP contribution is 2.36. The molecular weight excluding hydrogens is 484 g/mol. The van der Waals surface area contributed by atoms with Crippen LogP contribution in [0.5, 0.6) is 0 Å². The van der Waals surface area contributed by atoms with Gasteiger partial charge in [0.25, 0.3) is 0 Å². The zero-order valence-corrected chi connectivity index (χ0v) is 20.0. The maximum atomic E-state index is 13.7. The lowest BCUT2D eigenvalue weighted by molar-refractivity contribution is -0.192. The highest BCUT2D eigenvalue weighted by atomic mass is 19.4. The predicted molar refractivity (Wildman–Crippen MR) is 124 cm³/mol. The van der Waals surface area contributed by atoms with Gasteiger partial charge in [0.2, 0.25) is 11.8 Å². The first-order valence-corrected chi connectivity index (χ1v) is 12.1. The molecule has 0 aromatic heterocycles. The molecule has 2 saturated heterocycles. The summed E-state index contributed by atoms with van der Waals surface area (Å²) in [4.78, 5) is 38.2. The van der Waals surface area contributed by atoms with Crippen molar-refractivity contribution in [3.63, 3.8) is 0 Å². The summed E-state index contributed by atoms with van der Waals surface area (Å²) in [5, 5.41) is 13.2. The fraction of sp³-hybridized carbons (Fsp3) is 0.625. The summed E-state index contributed by atoms with van der Waals surface area (Å²) in [5.74, 6) is -2.62. The molecule has 2 amide bonds. The minimum Gasteiger partial charge on any atom is -0.475 e. The van der Waals surface area contributed by atoms with Crippen molar-refractivity contribution < 1.29 is 37.1 Å². The lowest BCUT2D eigenvalue weighted by Gasteiger charge is -2.43. The molecule has 200 valence electrons. The monoisotopic (exact) mass is 516 g/mol. The fourth-order valence-electron chi connectivity index (χ4n) is 5.06. The van der Waals surface area contributed by atoms with E-state index < -0.39 is 17.7 Å². The number of rotatable bonds is 5. The van der Waals surface area contributed by atoms with E-state index in [-0.39, 0.29) is 23.5 Å². The van der Waals surface area contributed by atoms with Gasteiger partial charge in [-0.3, -0.25) is 9.59 Å². The molecule has 1 spiro atoms. The Labute approximate surface area is 207 Å². The minimum atomic E-state index is -5.08. The maximum Gasteiger partial charge on any atom is 0.490 e. The quantitative estimate of drug-likeness (QED) is 0.521. The molecule has 1 aromatic carbocycles. The van der Waals surface area contributed by atoms with Crippen molar-refractivity contribution in [3.05, 3.63) is 30.1 Å². The van der Waals surface area contributed by atoms with Gasteiger partial charge in [-0.05, 0) is 43.9 Å². The number of nitrogens with zero attached hydrogens (tertiary/aromatic N) is 2. The Balaban J connectivity index is 0.000000454. The number of likely N-dealkylation sites (tertiary alicyclic amines) is 1. The van der Waals surface area contributed by atoms with Crippen LogP contribution in [0, 0.1) is 11.7 Å². The number of carbonyl (C=O) groups is 3. The molecule has 0 atom stereocenters. The number of alkyl halides is 3. The van der Waals surface area contributed by atoms with Crippen LogP contribution in [0.4, 0.5) is 23.2 Å². The molecule has 12 heteroatoms. The standard InChI is InChI=1S/C22H31FN4O2.C2HF3O2/c23-18-7-4-8-19(15-18)27-16-25-21(29)22(27)9-12-26(13-10-22)14-11-24-20(28)17-5-2-1-3-6-17;3-2(4,5)1(6)7/h4,7-8,15,17H,1-3,5-6,9-14,16H2,(H,24,28)(H,25,29);(H,6,7). The number of carboxylic acids is 1. The van der Waals surface area contributed by atoms with Crippen molar-refractivity contribution in [2.24, 2.45) is 5.92 Å². The van der Waals surface area contributed by atoms with Crippen LogP contribution in [0.1, 0.15) is 44.9 Å². The Morgan fingerprint density at radius 1 is 1.14 bits per heavy atom. The largest absolute Gasteiger partial charge is 0.490 e. The van der Waals surface area contributed by atoms with E-state index in [1.165, 1.54) is 18.6 Å². The van der Waals surface area contributed by atoms with E-state index in [4.69, 9.17) is 9.90 Å². The van der Waals surface area contributed by atoms with E-state index in [1.54, 1.807) is 6.07 Å². The third-order valence-corrected chi connectivity index (χ3v) is 7.09. The van der Waals surface area contributed by atoms with Crippen molar-refractivity contribution in [1.29, 1.82) is 0 Å². The smallest absolute Gasteiger partial charge is 0.475 e. The number of piperidine rings is 1. The summed E-state index contributed by atoms with van der Waals surface area (Å²) >= 11 is 0. The molecule has 8 nitrogen and oxygen atoms in total. The van der Waals surface area contributed by atoms with Gasteiger partial charge in [0, 0.05) is 37.8 Å².